The molecular formula is C17H17FN3O7S-. The Morgan fingerprint density at radius 3 is 2.83 bits per heavy atom. The zero-order valence-electron chi connectivity index (χ0n) is 14.8. The van der Waals surface area contributed by atoms with E-state index in [2.05, 4.69) is 4.98 Å². The number of nitrogen functional groups attached to an aromatic ring is 1. The average molecular weight is 426 g/mol. The number of aromatic nitrogens is 2. The molecule has 1 aliphatic rings. The summed E-state index contributed by atoms with van der Waals surface area (Å²) in [5.74, 6) is -2.67. The van der Waals surface area contributed by atoms with Crippen LogP contribution in [0.2, 0.25) is 0 Å². The molecule has 0 spiro atoms. The van der Waals surface area contributed by atoms with Crippen molar-refractivity contribution in [2.45, 2.75) is 11.7 Å². The molecule has 2 heterocycles. The van der Waals surface area contributed by atoms with E-state index in [1.54, 1.807) is 0 Å². The van der Waals surface area contributed by atoms with E-state index in [9.17, 15) is 19.1 Å². The minimum absolute atomic E-state index is 0.152. The number of thioether (sulfide) groups is 1. The molecule has 0 unspecified atom stereocenters. The van der Waals surface area contributed by atoms with E-state index < -0.39 is 40.7 Å². The summed E-state index contributed by atoms with van der Waals surface area (Å²) in [5.41, 5.74) is 4.57. The molecule has 1 fully saturated rings. The van der Waals surface area contributed by atoms with E-state index in [1.807, 2.05) is 0 Å². The summed E-state index contributed by atoms with van der Waals surface area (Å²) >= 11 is 1.35. The van der Waals surface area contributed by atoms with Gasteiger partial charge in [0.05, 0.1) is 12.8 Å². The summed E-state index contributed by atoms with van der Waals surface area (Å²) in [6.07, 6.45) is 2.58. The number of carbonyl (C=O) groups is 1. The first-order chi connectivity index (χ1) is 13.7. The number of benzene rings is 1. The first-order valence-electron chi connectivity index (χ1n) is 8.04. The van der Waals surface area contributed by atoms with Crippen molar-refractivity contribution >= 4 is 29.6 Å². The molecule has 29 heavy (non-hydrogen) atoms. The van der Waals surface area contributed by atoms with Gasteiger partial charge in [0, 0.05) is 11.8 Å². The van der Waals surface area contributed by atoms with E-state index in [0.717, 1.165) is 16.8 Å². The van der Waals surface area contributed by atoms with Gasteiger partial charge in [-0.15, -0.1) is 11.8 Å². The summed E-state index contributed by atoms with van der Waals surface area (Å²) in [7, 11) is 0. The Hall–Kier alpha value is -3.09. The van der Waals surface area contributed by atoms with E-state index in [-0.39, 0.29) is 12.4 Å². The molecule has 0 saturated carbocycles. The number of carboxylic acid groups (broad SMARTS) is 1. The van der Waals surface area contributed by atoms with Crippen molar-refractivity contribution in [1.82, 2.24) is 9.55 Å². The maximum Gasteiger partial charge on any atom is 0.351 e. The van der Waals surface area contributed by atoms with Gasteiger partial charge >= 0.3 is 11.7 Å². The molecule has 1 aliphatic heterocycles. The van der Waals surface area contributed by atoms with Crippen LogP contribution in [-0.2, 0) is 9.53 Å². The van der Waals surface area contributed by atoms with Crippen LogP contribution in [0.15, 0.2) is 35.3 Å². The maximum absolute atomic E-state index is 13.1. The number of nitrogens with zero attached hydrogens (tertiary/aromatic N) is 2. The Labute approximate surface area is 167 Å². The van der Waals surface area contributed by atoms with Gasteiger partial charge in [-0.1, -0.05) is 17.9 Å². The Kier molecular flexibility index (Phi) is 7.59. The van der Waals surface area contributed by atoms with E-state index in [0.29, 0.717) is 11.3 Å². The van der Waals surface area contributed by atoms with Gasteiger partial charge in [-0.25, -0.2) is 14.0 Å². The first kappa shape index (κ1) is 22.2. The lowest BCUT2D eigenvalue weighted by Crippen LogP contribution is -2.29. The Bertz CT molecular complexity index is 967. The lowest BCUT2D eigenvalue weighted by Gasteiger charge is -2.13. The number of aliphatic hydroxyl groups is 1. The normalized spacial score (nSPS) is 18.4. The summed E-state index contributed by atoms with van der Waals surface area (Å²) in [6, 6.07) is 3.82. The molecule has 0 bridgehead atoms. The van der Waals surface area contributed by atoms with Crippen molar-refractivity contribution in [3.63, 3.8) is 0 Å². The fourth-order valence-electron chi connectivity index (χ4n) is 2.15. The van der Waals surface area contributed by atoms with Crippen LogP contribution in [-0.4, -0.2) is 48.6 Å². The third kappa shape index (κ3) is 6.20. The van der Waals surface area contributed by atoms with Gasteiger partial charge in [0.2, 0.25) is 0 Å². The van der Waals surface area contributed by atoms with Gasteiger partial charge in [-0.2, -0.15) is 4.98 Å². The van der Waals surface area contributed by atoms with Crippen molar-refractivity contribution in [1.29, 1.82) is 0 Å². The minimum atomic E-state index is -1.08. The predicted molar refractivity (Wildman–Crippen MR) is 101 cm³/mol. The third-order valence-electron chi connectivity index (χ3n) is 3.53. The number of halogens is 1. The number of phenols is 1. The van der Waals surface area contributed by atoms with Crippen molar-refractivity contribution < 1.29 is 34.3 Å². The number of anilines is 1. The van der Waals surface area contributed by atoms with Crippen LogP contribution in [0.1, 0.15) is 11.8 Å². The second kappa shape index (κ2) is 9.91. The largest absolute Gasteiger partial charge is 0.870 e. The monoisotopic (exact) mass is 426 g/mol. The molecule has 0 aliphatic carbocycles. The molecule has 156 valence electrons. The number of aliphatic hydroxyl groups excluding tert-OH is 1. The highest BCUT2D eigenvalue weighted by atomic mass is 32.2. The smallest absolute Gasteiger partial charge is 0.351 e. The molecule has 10 nitrogen and oxygen atoms in total. The predicted octanol–water partition coefficient (Wildman–Crippen LogP) is 0.109. The Morgan fingerprint density at radius 1 is 1.52 bits per heavy atom. The fourth-order valence-corrected chi connectivity index (χ4v) is 3.09. The highest BCUT2D eigenvalue weighted by Gasteiger charge is 2.28. The number of hydrogen-bond acceptors (Lipinski definition) is 9. The van der Waals surface area contributed by atoms with Crippen molar-refractivity contribution in [3.8, 4) is 11.5 Å². The molecule has 1 aromatic heterocycles. The molecule has 1 aromatic carbocycles. The molecule has 0 amide bonds. The number of nitrogens with two attached hydrogens (primary N) is 1. The molecule has 12 heteroatoms. The van der Waals surface area contributed by atoms with Crippen LogP contribution in [0.4, 0.5) is 10.2 Å². The Balaban J connectivity index is 0.000000212. The SMILES string of the molecule is Nc1nc(=O)n([C@@H]2CS[C@H](CO)O2)cc1F.O=C(O)/C=C/c1ccc([O-])c(O)c1. The van der Waals surface area contributed by atoms with Crippen LogP contribution in [0.25, 0.3) is 6.08 Å². The van der Waals surface area contributed by atoms with E-state index in [4.69, 9.17) is 25.8 Å². The van der Waals surface area contributed by atoms with Crippen LogP contribution in [0, 0.1) is 5.82 Å². The van der Waals surface area contributed by atoms with Crippen molar-refractivity contribution in [2.24, 2.45) is 0 Å². The molecule has 5 N–H and O–H groups in total. The average Bonchev–Trinajstić information content (AvgIpc) is 3.15. The number of phenolic OH excluding ortho intramolecular Hbond substituents is 1. The Morgan fingerprint density at radius 2 is 2.24 bits per heavy atom. The van der Waals surface area contributed by atoms with Gasteiger partial charge in [0.15, 0.2) is 11.6 Å². The van der Waals surface area contributed by atoms with Gasteiger partial charge in [-0.3, -0.25) is 4.57 Å². The van der Waals surface area contributed by atoms with Gasteiger partial charge in [-0.05, 0) is 17.7 Å². The zero-order valence-corrected chi connectivity index (χ0v) is 15.6. The van der Waals surface area contributed by atoms with Crippen molar-refractivity contribution in [2.75, 3.05) is 18.1 Å². The molecule has 3 rings (SSSR count). The van der Waals surface area contributed by atoms with Crippen LogP contribution in [0.5, 0.6) is 11.5 Å². The molecular weight excluding hydrogens is 409 g/mol. The topological polar surface area (TPSA) is 171 Å². The molecule has 1 saturated heterocycles. The summed E-state index contributed by atoms with van der Waals surface area (Å²) in [5, 5.41) is 36.8. The van der Waals surface area contributed by atoms with Crippen LogP contribution >= 0.6 is 11.8 Å². The van der Waals surface area contributed by atoms with E-state index in [1.165, 1.54) is 36.0 Å². The lowest BCUT2D eigenvalue weighted by molar-refractivity contribution is -0.270. The zero-order chi connectivity index (χ0) is 21.6. The third-order valence-corrected chi connectivity index (χ3v) is 4.64. The lowest BCUT2D eigenvalue weighted by atomic mass is 10.2. The number of ether oxygens (including phenoxy) is 1. The maximum atomic E-state index is 13.1. The standard InChI is InChI=1S/C9H8O4.C8H10FN3O3S/c10-7-3-1-6(5-8(7)11)2-4-9(12)13;9-4-1-12(8(14)11-7(4)10)5-3-16-6(2-13)15-5/h1-5,10-11H,(H,12,13);1,5-6,13H,2-3H2,(H2,10,11,14)/p-1/b4-2+;/t;5-,6+/m.0/s1. The number of carboxylic acids is 1. The summed E-state index contributed by atoms with van der Waals surface area (Å²) in [6.45, 7) is -0.152. The quantitative estimate of drug-likeness (QED) is 0.492. The fraction of sp³-hybridized carbons (Fsp3) is 0.235. The van der Waals surface area contributed by atoms with Gasteiger partial charge < -0.3 is 30.9 Å². The summed E-state index contributed by atoms with van der Waals surface area (Å²) < 4.78 is 19.5. The second-order valence-electron chi connectivity index (χ2n) is 5.60. The minimum Gasteiger partial charge on any atom is -0.870 e. The first-order valence-corrected chi connectivity index (χ1v) is 9.09. The number of aliphatic carboxylic acids is 1. The highest BCUT2D eigenvalue weighted by molar-refractivity contribution is 8.00. The number of aromatic hydroxyl groups is 1. The van der Waals surface area contributed by atoms with Crippen LogP contribution < -0.4 is 16.5 Å². The van der Waals surface area contributed by atoms with Crippen LogP contribution in [0.3, 0.4) is 0 Å². The summed E-state index contributed by atoms with van der Waals surface area (Å²) in [4.78, 5) is 24.9. The van der Waals surface area contributed by atoms with Crippen molar-refractivity contribution in [3.05, 3.63) is 52.3 Å². The molecule has 2 aromatic rings. The second-order valence-corrected chi connectivity index (χ2v) is 6.79. The van der Waals surface area contributed by atoms with Gasteiger partial charge in [0.25, 0.3) is 0 Å². The molecule has 2 atom stereocenters. The highest BCUT2D eigenvalue weighted by Crippen LogP contribution is 2.30. The molecule has 0 radical (unpaired) electrons. The number of rotatable bonds is 4. The van der Waals surface area contributed by atoms with E-state index >= 15 is 0 Å². The van der Waals surface area contributed by atoms with Gasteiger partial charge in [0.1, 0.15) is 17.4 Å². The number of hydrogen-bond donors (Lipinski definition) is 4.